The molecule has 0 N–H and O–H groups in total. The van der Waals surface area contributed by atoms with Crippen molar-refractivity contribution in [2.24, 2.45) is 0 Å². The SMILES string of the molecule is Cc1ccccc1-c1ccc(N(C)c2ccc(C(C)(C)C)cc2)cc1C. The van der Waals surface area contributed by atoms with E-state index >= 15 is 0 Å². The topological polar surface area (TPSA) is 3.24 Å². The van der Waals surface area contributed by atoms with Crippen LogP contribution in [-0.2, 0) is 5.41 Å². The standard InChI is InChI=1S/C25H29N/c1-18-9-7-8-10-23(18)24-16-15-22(17-19(24)2)26(6)21-13-11-20(12-14-21)25(3,4)5/h7-17H,1-6H3. The zero-order valence-electron chi connectivity index (χ0n) is 16.8. The van der Waals surface area contributed by atoms with Gasteiger partial charge in [-0.1, -0.05) is 63.2 Å². The number of anilines is 2. The molecular formula is C25H29N. The van der Waals surface area contributed by atoms with Gasteiger partial charge in [-0.3, -0.25) is 0 Å². The van der Waals surface area contributed by atoms with Gasteiger partial charge < -0.3 is 4.90 Å². The van der Waals surface area contributed by atoms with Crippen LogP contribution in [0.3, 0.4) is 0 Å². The zero-order chi connectivity index (χ0) is 18.9. The molecule has 0 atom stereocenters. The van der Waals surface area contributed by atoms with Crippen LogP contribution < -0.4 is 4.90 Å². The summed E-state index contributed by atoms with van der Waals surface area (Å²) in [6.07, 6.45) is 0. The van der Waals surface area contributed by atoms with Gasteiger partial charge in [0.15, 0.2) is 0 Å². The highest BCUT2D eigenvalue weighted by Crippen LogP contribution is 2.32. The number of rotatable bonds is 3. The van der Waals surface area contributed by atoms with E-state index in [9.17, 15) is 0 Å². The molecule has 0 heterocycles. The van der Waals surface area contributed by atoms with E-state index < -0.39 is 0 Å². The van der Waals surface area contributed by atoms with Crippen molar-refractivity contribution in [1.82, 2.24) is 0 Å². The van der Waals surface area contributed by atoms with E-state index in [-0.39, 0.29) is 5.41 Å². The molecule has 0 aliphatic heterocycles. The van der Waals surface area contributed by atoms with Crippen molar-refractivity contribution in [2.45, 2.75) is 40.0 Å². The monoisotopic (exact) mass is 343 g/mol. The first-order chi connectivity index (χ1) is 12.3. The van der Waals surface area contributed by atoms with Crippen molar-refractivity contribution in [3.8, 4) is 11.1 Å². The Morgan fingerprint density at radius 2 is 1.23 bits per heavy atom. The lowest BCUT2D eigenvalue weighted by atomic mass is 9.87. The molecule has 0 amide bonds. The summed E-state index contributed by atoms with van der Waals surface area (Å²) in [5.41, 5.74) is 9.20. The smallest absolute Gasteiger partial charge is 0.0411 e. The van der Waals surface area contributed by atoms with Crippen molar-refractivity contribution in [2.75, 3.05) is 11.9 Å². The molecule has 3 aromatic carbocycles. The first-order valence-electron chi connectivity index (χ1n) is 9.28. The van der Waals surface area contributed by atoms with Crippen LogP contribution in [0.2, 0.25) is 0 Å². The molecule has 1 nitrogen and oxygen atoms in total. The third-order valence-corrected chi connectivity index (χ3v) is 5.15. The van der Waals surface area contributed by atoms with Gasteiger partial charge in [-0.15, -0.1) is 0 Å². The second-order valence-electron chi connectivity index (χ2n) is 8.17. The molecule has 0 saturated heterocycles. The Kier molecular flexibility index (Phi) is 4.91. The summed E-state index contributed by atoms with van der Waals surface area (Å²) in [5.74, 6) is 0. The second-order valence-corrected chi connectivity index (χ2v) is 8.17. The Hall–Kier alpha value is -2.54. The maximum atomic E-state index is 2.28. The van der Waals surface area contributed by atoms with Gasteiger partial charge in [-0.05, 0) is 71.3 Å². The quantitative estimate of drug-likeness (QED) is 0.493. The Morgan fingerprint density at radius 1 is 0.654 bits per heavy atom. The number of nitrogens with zero attached hydrogens (tertiary/aromatic N) is 1. The van der Waals surface area contributed by atoms with Crippen molar-refractivity contribution in [1.29, 1.82) is 0 Å². The highest BCUT2D eigenvalue weighted by molar-refractivity contribution is 5.74. The third kappa shape index (κ3) is 3.67. The minimum Gasteiger partial charge on any atom is -0.345 e. The molecule has 0 aromatic heterocycles. The minimum absolute atomic E-state index is 0.183. The molecule has 0 fully saturated rings. The Balaban J connectivity index is 1.90. The molecule has 0 bridgehead atoms. The van der Waals surface area contributed by atoms with Gasteiger partial charge >= 0.3 is 0 Å². The third-order valence-electron chi connectivity index (χ3n) is 5.15. The van der Waals surface area contributed by atoms with Gasteiger partial charge in [0, 0.05) is 18.4 Å². The van der Waals surface area contributed by atoms with Crippen LogP contribution in [0.5, 0.6) is 0 Å². The summed E-state index contributed by atoms with van der Waals surface area (Å²) < 4.78 is 0. The number of benzene rings is 3. The molecule has 0 aliphatic rings. The van der Waals surface area contributed by atoms with E-state index in [1.54, 1.807) is 0 Å². The molecule has 1 heteroatoms. The fraction of sp³-hybridized carbons (Fsp3) is 0.280. The molecule has 134 valence electrons. The first-order valence-corrected chi connectivity index (χ1v) is 9.28. The lowest BCUT2D eigenvalue weighted by Gasteiger charge is -2.24. The minimum atomic E-state index is 0.183. The van der Waals surface area contributed by atoms with E-state index in [1.165, 1.54) is 39.2 Å². The maximum absolute atomic E-state index is 2.28. The first kappa shape index (κ1) is 18.3. The fourth-order valence-corrected chi connectivity index (χ4v) is 3.37. The van der Waals surface area contributed by atoms with Gasteiger partial charge in [0.05, 0.1) is 0 Å². The highest BCUT2D eigenvalue weighted by Gasteiger charge is 2.14. The maximum Gasteiger partial charge on any atom is 0.0411 e. The molecule has 0 spiro atoms. The van der Waals surface area contributed by atoms with Crippen LogP contribution in [0.25, 0.3) is 11.1 Å². The Bertz CT molecular complexity index is 898. The number of hydrogen-bond donors (Lipinski definition) is 0. The summed E-state index contributed by atoms with van der Waals surface area (Å²) >= 11 is 0. The van der Waals surface area contributed by atoms with Crippen LogP contribution in [-0.4, -0.2) is 7.05 Å². The largest absolute Gasteiger partial charge is 0.345 e. The van der Waals surface area contributed by atoms with E-state index in [0.717, 1.165) is 0 Å². The average molecular weight is 344 g/mol. The summed E-state index contributed by atoms with van der Waals surface area (Å²) in [6, 6.07) is 24.2. The van der Waals surface area contributed by atoms with Crippen molar-refractivity contribution in [3.63, 3.8) is 0 Å². The van der Waals surface area contributed by atoms with Gasteiger partial charge in [0.25, 0.3) is 0 Å². The fourth-order valence-electron chi connectivity index (χ4n) is 3.37. The summed E-state index contributed by atoms with van der Waals surface area (Å²) in [5, 5.41) is 0. The molecule has 0 unspecified atom stereocenters. The van der Waals surface area contributed by atoms with Gasteiger partial charge in [0.2, 0.25) is 0 Å². The van der Waals surface area contributed by atoms with Crippen LogP contribution in [0, 0.1) is 13.8 Å². The summed E-state index contributed by atoms with van der Waals surface area (Å²) in [6.45, 7) is 11.1. The van der Waals surface area contributed by atoms with E-state index in [2.05, 4.69) is 113 Å². The second kappa shape index (κ2) is 6.99. The lowest BCUT2D eigenvalue weighted by Crippen LogP contribution is -2.13. The zero-order valence-corrected chi connectivity index (χ0v) is 16.8. The van der Waals surface area contributed by atoms with Crippen LogP contribution in [0.4, 0.5) is 11.4 Å². The highest BCUT2D eigenvalue weighted by atomic mass is 15.1. The number of aryl methyl sites for hydroxylation is 2. The summed E-state index contributed by atoms with van der Waals surface area (Å²) in [4.78, 5) is 2.25. The molecule has 3 rings (SSSR count). The van der Waals surface area contributed by atoms with Crippen molar-refractivity contribution in [3.05, 3.63) is 83.4 Å². The van der Waals surface area contributed by atoms with Crippen LogP contribution >= 0.6 is 0 Å². The average Bonchev–Trinajstić information content (AvgIpc) is 2.61. The molecule has 0 radical (unpaired) electrons. The van der Waals surface area contributed by atoms with Crippen molar-refractivity contribution >= 4 is 11.4 Å². The van der Waals surface area contributed by atoms with Crippen molar-refractivity contribution < 1.29 is 0 Å². The normalized spacial score (nSPS) is 11.5. The van der Waals surface area contributed by atoms with E-state index in [0.29, 0.717) is 0 Å². The molecule has 0 aliphatic carbocycles. The van der Waals surface area contributed by atoms with Crippen LogP contribution in [0.15, 0.2) is 66.7 Å². The molecular weight excluding hydrogens is 314 g/mol. The van der Waals surface area contributed by atoms with E-state index in [1.807, 2.05) is 0 Å². The Labute approximate surface area is 158 Å². The lowest BCUT2D eigenvalue weighted by molar-refractivity contribution is 0.590. The Morgan fingerprint density at radius 3 is 1.81 bits per heavy atom. The molecule has 3 aromatic rings. The molecule has 26 heavy (non-hydrogen) atoms. The van der Waals surface area contributed by atoms with Crippen LogP contribution in [0.1, 0.15) is 37.5 Å². The van der Waals surface area contributed by atoms with E-state index in [4.69, 9.17) is 0 Å². The van der Waals surface area contributed by atoms with Gasteiger partial charge in [0.1, 0.15) is 0 Å². The van der Waals surface area contributed by atoms with Gasteiger partial charge in [-0.2, -0.15) is 0 Å². The summed E-state index contributed by atoms with van der Waals surface area (Å²) in [7, 11) is 2.13. The predicted molar refractivity (Wildman–Crippen MR) is 115 cm³/mol. The number of hydrogen-bond acceptors (Lipinski definition) is 1. The molecule has 0 saturated carbocycles. The predicted octanol–water partition coefficient (Wildman–Crippen LogP) is 7.04. The van der Waals surface area contributed by atoms with Gasteiger partial charge in [-0.25, -0.2) is 0 Å².